The molecule has 0 bridgehead atoms. The lowest BCUT2D eigenvalue weighted by Gasteiger charge is -2.08. The fourth-order valence-electron chi connectivity index (χ4n) is 2.90. The third-order valence-electron chi connectivity index (χ3n) is 4.50. The molecule has 0 unspecified atom stereocenters. The van der Waals surface area contributed by atoms with E-state index < -0.39 is 15.8 Å². The van der Waals surface area contributed by atoms with Gasteiger partial charge in [-0.2, -0.15) is 0 Å². The molecule has 11 heteroatoms. The number of hydrogen-bond acceptors (Lipinski definition) is 7. The number of anilines is 2. The molecule has 0 saturated heterocycles. The first kappa shape index (κ1) is 22.1. The molecule has 2 N–H and O–H groups in total. The average Bonchev–Trinajstić information content (AvgIpc) is 3.28. The smallest absolute Gasteiger partial charge is 0.264 e. The first-order valence-electron chi connectivity index (χ1n) is 9.80. The van der Waals surface area contributed by atoms with Gasteiger partial charge in [-0.3, -0.25) is 4.79 Å². The SMILES string of the molecule is O=C(CCc1ncc(-c2ccccc2F)o1)Nc1ccc(S(=O)(=O)Nc2ncccn2)cc1. The van der Waals surface area contributed by atoms with Crippen LogP contribution < -0.4 is 10.0 Å². The van der Waals surface area contributed by atoms with Crippen LogP contribution in [0.2, 0.25) is 0 Å². The van der Waals surface area contributed by atoms with Gasteiger partial charge < -0.3 is 9.73 Å². The molecule has 0 aliphatic heterocycles. The van der Waals surface area contributed by atoms with E-state index in [1.165, 1.54) is 48.9 Å². The summed E-state index contributed by atoms with van der Waals surface area (Å²) in [4.78, 5) is 24.0. The molecule has 4 aromatic rings. The average molecular weight is 467 g/mol. The van der Waals surface area contributed by atoms with E-state index in [-0.39, 0.29) is 35.4 Å². The number of rotatable bonds is 8. The molecule has 0 saturated carbocycles. The Kier molecular flexibility index (Phi) is 6.41. The van der Waals surface area contributed by atoms with Crippen molar-refractivity contribution in [3.05, 3.63) is 84.9 Å². The second-order valence-corrected chi connectivity index (χ2v) is 8.53. The van der Waals surface area contributed by atoms with E-state index in [9.17, 15) is 17.6 Å². The normalized spacial score (nSPS) is 11.2. The molecule has 0 spiro atoms. The zero-order valence-electron chi connectivity index (χ0n) is 17.1. The van der Waals surface area contributed by atoms with Crippen LogP contribution in [0.1, 0.15) is 12.3 Å². The second-order valence-electron chi connectivity index (χ2n) is 6.85. The van der Waals surface area contributed by atoms with Crippen LogP contribution in [-0.2, 0) is 21.2 Å². The predicted octanol–water partition coefficient (Wildman–Crippen LogP) is 3.64. The van der Waals surface area contributed by atoms with Crippen molar-refractivity contribution in [2.45, 2.75) is 17.7 Å². The number of hydrogen-bond donors (Lipinski definition) is 2. The lowest BCUT2D eigenvalue weighted by Crippen LogP contribution is -2.15. The molecule has 0 aliphatic rings. The van der Waals surface area contributed by atoms with Crippen molar-refractivity contribution in [3.8, 4) is 11.3 Å². The first-order valence-corrected chi connectivity index (χ1v) is 11.3. The topological polar surface area (TPSA) is 127 Å². The number of carbonyl (C=O) groups is 1. The third-order valence-corrected chi connectivity index (χ3v) is 5.84. The molecule has 33 heavy (non-hydrogen) atoms. The van der Waals surface area contributed by atoms with E-state index >= 15 is 0 Å². The molecule has 0 aliphatic carbocycles. The van der Waals surface area contributed by atoms with E-state index in [0.29, 0.717) is 17.1 Å². The van der Waals surface area contributed by atoms with E-state index in [4.69, 9.17) is 4.42 Å². The summed E-state index contributed by atoms with van der Waals surface area (Å²) < 4.78 is 46.5. The first-order chi connectivity index (χ1) is 15.9. The predicted molar refractivity (Wildman–Crippen MR) is 118 cm³/mol. The van der Waals surface area contributed by atoms with Crippen molar-refractivity contribution >= 4 is 27.6 Å². The van der Waals surface area contributed by atoms with Crippen molar-refractivity contribution in [1.82, 2.24) is 15.0 Å². The van der Waals surface area contributed by atoms with Crippen LogP contribution in [0.15, 0.2) is 82.5 Å². The van der Waals surface area contributed by atoms with Gasteiger partial charge in [0, 0.05) is 30.9 Å². The number of nitrogens with one attached hydrogen (secondary N) is 2. The van der Waals surface area contributed by atoms with Gasteiger partial charge in [0.2, 0.25) is 11.9 Å². The third kappa shape index (κ3) is 5.57. The fourth-order valence-corrected chi connectivity index (χ4v) is 3.86. The number of aromatic nitrogens is 3. The van der Waals surface area contributed by atoms with E-state index in [1.54, 1.807) is 24.3 Å². The maximum absolute atomic E-state index is 13.9. The number of benzene rings is 2. The molecular weight excluding hydrogens is 449 g/mol. The van der Waals surface area contributed by atoms with Gasteiger partial charge in [0.15, 0.2) is 11.7 Å². The van der Waals surface area contributed by atoms with Crippen molar-refractivity contribution < 1.29 is 22.0 Å². The van der Waals surface area contributed by atoms with Crippen LogP contribution >= 0.6 is 0 Å². The highest BCUT2D eigenvalue weighted by atomic mass is 32.2. The highest BCUT2D eigenvalue weighted by Crippen LogP contribution is 2.23. The molecule has 2 heterocycles. The van der Waals surface area contributed by atoms with Crippen molar-refractivity contribution in [3.63, 3.8) is 0 Å². The van der Waals surface area contributed by atoms with E-state index in [0.717, 1.165) is 0 Å². The fraction of sp³-hybridized carbons (Fsp3) is 0.0909. The summed E-state index contributed by atoms with van der Waals surface area (Å²) in [6, 6.07) is 13.4. The highest BCUT2D eigenvalue weighted by Gasteiger charge is 2.16. The van der Waals surface area contributed by atoms with Gasteiger partial charge in [0.05, 0.1) is 16.7 Å². The van der Waals surface area contributed by atoms with Crippen LogP contribution in [0.3, 0.4) is 0 Å². The van der Waals surface area contributed by atoms with Gasteiger partial charge >= 0.3 is 0 Å². The Morgan fingerprint density at radius 1 is 0.970 bits per heavy atom. The zero-order valence-corrected chi connectivity index (χ0v) is 17.9. The number of oxazole rings is 1. The van der Waals surface area contributed by atoms with E-state index in [2.05, 4.69) is 25.0 Å². The number of sulfonamides is 1. The summed E-state index contributed by atoms with van der Waals surface area (Å²) in [5.41, 5.74) is 0.721. The summed E-state index contributed by atoms with van der Waals surface area (Å²) in [6.07, 6.45) is 4.54. The standard InChI is InChI=1S/C22H18FN5O4S/c23-18-5-2-1-4-17(18)19-14-26-21(32-19)11-10-20(29)27-15-6-8-16(9-7-15)33(30,31)28-22-24-12-3-13-25-22/h1-9,12-14H,10-11H2,(H,27,29)(H,24,25,28). The zero-order chi connectivity index (χ0) is 23.3. The summed E-state index contributed by atoms with van der Waals surface area (Å²) in [7, 11) is -3.86. The van der Waals surface area contributed by atoms with Gasteiger partial charge in [-0.05, 0) is 42.5 Å². The number of aryl methyl sites for hydroxylation is 1. The Morgan fingerprint density at radius 3 is 2.42 bits per heavy atom. The largest absolute Gasteiger partial charge is 0.441 e. The number of nitrogens with zero attached hydrogens (tertiary/aromatic N) is 3. The molecule has 168 valence electrons. The van der Waals surface area contributed by atoms with Crippen LogP contribution in [0.4, 0.5) is 16.0 Å². The molecule has 9 nitrogen and oxygen atoms in total. The van der Waals surface area contributed by atoms with Crippen LogP contribution in [0, 0.1) is 5.82 Å². The van der Waals surface area contributed by atoms with Gasteiger partial charge in [-0.25, -0.2) is 32.5 Å². The van der Waals surface area contributed by atoms with Crippen molar-refractivity contribution in [2.24, 2.45) is 0 Å². The molecule has 1 amide bonds. The van der Waals surface area contributed by atoms with Crippen molar-refractivity contribution in [2.75, 3.05) is 10.0 Å². The quantitative estimate of drug-likeness (QED) is 0.405. The summed E-state index contributed by atoms with van der Waals surface area (Å²) in [6.45, 7) is 0. The summed E-state index contributed by atoms with van der Waals surface area (Å²) >= 11 is 0. The minimum Gasteiger partial charge on any atom is -0.441 e. The molecule has 4 rings (SSSR count). The van der Waals surface area contributed by atoms with Crippen LogP contribution in [-0.4, -0.2) is 29.3 Å². The van der Waals surface area contributed by atoms with Gasteiger partial charge in [-0.1, -0.05) is 12.1 Å². The second kappa shape index (κ2) is 9.57. The van der Waals surface area contributed by atoms with Gasteiger partial charge in [0.1, 0.15) is 5.82 Å². The lowest BCUT2D eigenvalue weighted by molar-refractivity contribution is -0.116. The lowest BCUT2D eigenvalue weighted by atomic mass is 10.2. The number of halogens is 1. The molecule has 2 aromatic carbocycles. The van der Waals surface area contributed by atoms with E-state index in [1.807, 2.05) is 0 Å². The molecule has 0 atom stereocenters. The molecule has 0 fully saturated rings. The molecule has 2 aromatic heterocycles. The Bertz CT molecular complexity index is 1360. The summed E-state index contributed by atoms with van der Waals surface area (Å²) in [5.74, 6) is -0.185. The Balaban J connectivity index is 1.32. The summed E-state index contributed by atoms with van der Waals surface area (Å²) in [5, 5.41) is 2.68. The highest BCUT2D eigenvalue weighted by molar-refractivity contribution is 7.92. The minimum atomic E-state index is -3.86. The maximum atomic E-state index is 13.9. The van der Waals surface area contributed by atoms with Gasteiger partial charge in [0.25, 0.3) is 10.0 Å². The molecular formula is C22H18FN5O4S. The van der Waals surface area contributed by atoms with Crippen LogP contribution in [0.5, 0.6) is 0 Å². The van der Waals surface area contributed by atoms with Gasteiger partial charge in [-0.15, -0.1) is 0 Å². The Hall–Kier alpha value is -4.12. The molecule has 0 radical (unpaired) electrons. The minimum absolute atomic E-state index is 0.00610. The van der Waals surface area contributed by atoms with Crippen molar-refractivity contribution in [1.29, 1.82) is 0 Å². The number of carbonyl (C=O) groups excluding carboxylic acids is 1. The Labute approximate surface area is 188 Å². The Morgan fingerprint density at radius 2 is 1.70 bits per heavy atom. The number of amides is 1. The monoisotopic (exact) mass is 467 g/mol. The maximum Gasteiger partial charge on any atom is 0.264 e. The van der Waals surface area contributed by atoms with Crippen LogP contribution in [0.25, 0.3) is 11.3 Å².